The molecule has 0 atom stereocenters. The van der Waals surface area contributed by atoms with Gasteiger partial charge in [-0.3, -0.25) is 0 Å². The van der Waals surface area contributed by atoms with E-state index in [0.717, 1.165) is 94.1 Å². The first kappa shape index (κ1) is 43.4. The Morgan fingerprint density at radius 2 is 0.789 bits per heavy atom. The van der Waals surface area contributed by atoms with E-state index in [1.165, 1.54) is 38.1 Å². The molecular formula is C71H44N4O. The zero-order chi connectivity index (χ0) is 50.1. The van der Waals surface area contributed by atoms with Crippen molar-refractivity contribution in [3.8, 4) is 84.4 Å². The van der Waals surface area contributed by atoms with E-state index in [2.05, 4.69) is 247 Å². The molecule has 3 heterocycles. The van der Waals surface area contributed by atoms with E-state index in [9.17, 15) is 0 Å². The Morgan fingerprint density at radius 3 is 1.47 bits per heavy atom. The van der Waals surface area contributed by atoms with E-state index in [1.807, 2.05) is 24.3 Å². The molecule has 0 fully saturated rings. The van der Waals surface area contributed by atoms with E-state index in [0.29, 0.717) is 17.5 Å². The summed E-state index contributed by atoms with van der Waals surface area (Å²) >= 11 is 0. The first-order chi connectivity index (χ1) is 37.7. The molecule has 0 spiro atoms. The van der Waals surface area contributed by atoms with Crippen LogP contribution in [0.4, 0.5) is 0 Å². The summed E-state index contributed by atoms with van der Waals surface area (Å²) in [6.45, 7) is 0. The molecule has 15 aromatic rings. The molecule has 0 bridgehead atoms. The second kappa shape index (κ2) is 17.8. The quantitative estimate of drug-likeness (QED) is 0.152. The van der Waals surface area contributed by atoms with Crippen LogP contribution in [-0.2, 0) is 0 Å². The second-order valence-electron chi connectivity index (χ2n) is 19.5. The number of rotatable bonds is 8. The fourth-order valence-electron chi connectivity index (χ4n) is 11.5. The molecule has 15 rings (SSSR count). The third-order valence-electron chi connectivity index (χ3n) is 15.0. The molecule has 0 unspecified atom stereocenters. The van der Waals surface area contributed by atoms with Crippen LogP contribution in [0.1, 0.15) is 0 Å². The van der Waals surface area contributed by atoms with Crippen molar-refractivity contribution >= 4 is 65.3 Å². The monoisotopic (exact) mass is 968 g/mol. The van der Waals surface area contributed by atoms with Crippen LogP contribution in [0.3, 0.4) is 0 Å². The Balaban J connectivity index is 1.01. The lowest BCUT2D eigenvalue weighted by molar-refractivity contribution is 0.668. The average molecular weight is 969 g/mol. The Kier molecular flexibility index (Phi) is 10.1. The van der Waals surface area contributed by atoms with Crippen molar-refractivity contribution in [1.82, 2.24) is 19.5 Å². The lowest BCUT2D eigenvalue weighted by Gasteiger charge is -2.18. The predicted octanol–water partition coefficient (Wildman–Crippen LogP) is 18.8. The van der Waals surface area contributed by atoms with Crippen LogP contribution >= 0.6 is 0 Å². The molecule has 5 heteroatoms. The van der Waals surface area contributed by atoms with Gasteiger partial charge in [0.25, 0.3) is 0 Å². The summed E-state index contributed by atoms with van der Waals surface area (Å²) in [5.74, 6) is 1.72. The van der Waals surface area contributed by atoms with Gasteiger partial charge in [0.05, 0.1) is 16.7 Å². The minimum Gasteiger partial charge on any atom is -0.456 e. The highest BCUT2D eigenvalue weighted by Crippen LogP contribution is 2.46. The van der Waals surface area contributed by atoms with Gasteiger partial charge in [-0.25, -0.2) is 15.0 Å². The lowest BCUT2D eigenvalue weighted by Crippen LogP contribution is -2.01. The van der Waals surface area contributed by atoms with Gasteiger partial charge in [-0.05, 0) is 109 Å². The predicted molar refractivity (Wildman–Crippen MR) is 315 cm³/mol. The van der Waals surface area contributed by atoms with Crippen molar-refractivity contribution in [3.63, 3.8) is 0 Å². The average Bonchev–Trinajstić information content (AvgIpc) is 4.13. The molecule has 76 heavy (non-hydrogen) atoms. The van der Waals surface area contributed by atoms with Crippen LogP contribution in [-0.4, -0.2) is 19.5 Å². The van der Waals surface area contributed by atoms with Gasteiger partial charge in [-0.2, -0.15) is 0 Å². The largest absolute Gasteiger partial charge is 0.456 e. The summed E-state index contributed by atoms with van der Waals surface area (Å²) in [5, 5.41) is 9.01. The maximum Gasteiger partial charge on any atom is 0.164 e. The maximum atomic E-state index is 7.08. The number of fused-ring (bicyclic) bond motifs is 8. The Bertz CT molecular complexity index is 4680. The number of benzene rings is 12. The second-order valence-corrected chi connectivity index (χ2v) is 19.5. The summed E-state index contributed by atoms with van der Waals surface area (Å²) < 4.78 is 9.52. The van der Waals surface area contributed by atoms with Gasteiger partial charge in [0.15, 0.2) is 17.5 Å². The highest BCUT2D eigenvalue weighted by Gasteiger charge is 2.24. The number of furan rings is 1. The molecule has 3 aromatic heterocycles. The topological polar surface area (TPSA) is 56.7 Å². The van der Waals surface area contributed by atoms with Crippen molar-refractivity contribution in [2.24, 2.45) is 0 Å². The molecule has 12 aromatic carbocycles. The van der Waals surface area contributed by atoms with Crippen LogP contribution in [0.25, 0.3) is 150 Å². The molecule has 0 aliphatic rings. The Hall–Kier alpha value is -10.2. The van der Waals surface area contributed by atoms with E-state index in [4.69, 9.17) is 19.4 Å². The molecule has 0 saturated carbocycles. The SMILES string of the molecule is c1ccc(-c2cc(-c3ccccc3)cc(-c3nc(-c4ccccc4)nc(-c4cccc5oc6cc(-n7c8ccccc8c8cc9ccccc9cc87)c(-c7ccc(-c8ccccc8)c8ccccc78)cc6c45)n3)c2)cc1. The van der Waals surface area contributed by atoms with Crippen molar-refractivity contribution in [2.45, 2.75) is 0 Å². The Morgan fingerprint density at radius 1 is 0.263 bits per heavy atom. The maximum absolute atomic E-state index is 7.08. The minimum absolute atomic E-state index is 0.557. The van der Waals surface area contributed by atoms with Crippen LogP contribution in [0.5, 0.6) is 0 Å². The third kappa shape index (κ3) is 7.28. The van der Waals surface area contributed by atoms with E-state index < -0.39 is 0 Å². The van der Waals surface area contributed by atoms with Crippen LogP contribution in [0, 0.1) is 0 Å². The number of aromatic nitrogens is 4. The number of hydrogen-bond acceptors (Lipinski definition) is 4. The fourth-order valence-corrected chi connectivity index (χ4v) is 11.5. The number of hydrogen-bond donors (Lipinski definition) is 0. The first-order valence-electron chi connectivity index (χ1n) is 25.7. The molecule has 5 nitrogen and oxygen atoms in total. The van der Waals surface area contributed by atoms with E-state index in [1.54, 1.807) is 0 Å². The smallest absolute Gasteiger partial charge is 0.164 e. The fraction of sp³-hybridized carbons (Fsp3) is 0. The molecule has 0 radical (unpaired) electrons. The van der Waals surface area contributed by atoms with Gasteiger partial charge in [0.1, 0.15) is 11.2 Å². The normalized spacial score (nSPS) is 11.7. The third-order valence-corrected chi connectivity index (χ3v) is 15.0. The summed E-state index contributed by atoms with van der Waals surface area (Å²) in [6.07, 6.45) is 0. The summed E-state index contributed by atoms with van der Waals surface area (Å²) in [5.41, 5.74) is 16.3. The van der Waals surface area contributed by atoms with Crippen molar-refractivity contribution in [1.29, 1.82) is 0 Å². The van der Waals surface area contributed by atoms with Gasteiger partial charge < -0.3 is 8.98 Å². The minimum atomic E-state index is 0.557. The van der Waals surface area contributed by atoms with Gasteiger partial charge >= 0.3 is 0 Å². The molecule has 0 N–H and O–H groups in total. The highest BCUT2D eigenvalue weighted by atomic mass is 16.3. The molecule has 0 saturated heterocycles. The van der Waals surface area contributed by atoms with Gasteiger partial charge in [0, 0.05) is 49.9 Å². The van der Waals surface area contributed by atoms with Crippen molar-refractivity contribution < 1.29 is 4.42 Å². The molecular weight excluding hydrogens is 925 g/mol. The van der Waals surface area contributed by atoms with Crippen LogP contribution < -0.4 is 0 Å². The van der Waals surface area contributed by atoms with Crippen molar-refractivity contribution in [2.75, 3.05) is 0 Å². The highest BCUT2D eigenvalue weighted by molar-refractivity contribution is 6.18. The van der Waals surface area contributed by atoms with Crippen LogP contribution in [0.2, 0.25) is 0 Å². The number of nitrogens with zero attached hydrogens (tertiary/aromatic N) is 4. The summed E-state index contributed by atoms with van der Waals surface area (Å²) in [4.78, 5) is 16.1. The van der Waals surface area contributed by atoms with Gasteiger partial charge in [0.2, 0.25) is 0 Å². The molecule has 354 valence electrons. The first-order valence-corrected chi connectivity index (χ1v) is 25.7. The van der Waals surface area contributed by atoms with E-state index >= 15 is 0 Å². The Labute approximate surface area is 438 Å². The van der Waals surface area contributed by atoms with Gasteiger partial charge in [-0.15, -0.1) is 0 Å². The molecule has 0 amide bonds. The number of para-hydroxylation sites is 1. The van der Waals surface area contributed by atoms with Gasteiger partial charge in [-0.1, -0.05) is 212 Å². The molecule has 0 aliphatic heterocycles. The zero-order valence-electron chi connectivity index (χ0n) is 41.1. The molecule has 0 aliphatic carbocycles. The van der Waals surface area contributed by atoms with E-state index in [-0.39, 0.29) is 0 Å². The van der Waals surface area contributed by atoms with Crippen LogP contribution in [0.15, 0.2) is 271 Å². The summed E-state index contributed by atoms with van der Waals surface area (Å²) in [6, 6.07) is 94.8. The standard InChI is InChI=1S/C71H44N4O/c1-5-20-45(21-6-1)51-38-52(46-22-7-2-8-23-46)40-53(39-51)70-72-69(48-26-11-4-12-27-48)73-71(74-70)59-33-19-35-66-68(59)62-43-61(57-37-36-54(47-24-9-3-10-25-47)55-30-15-16-31-56(55)57)65(44-67(62)76-66)75-63-34-18-17-32-58(63)60-41-49-28-13-14-29-50(49)42-64(60)75/h1-44H. The van der Waals surface area contributed by atoms with Crippen molar-refractivity contribution in [3.05, 3.63) is 267 Å². The lowest BCUT2D eigenvalue weighted by atomic mass is 9.90. The zero-order valence-corrected chi connectivity index (χ0v) is 41.1. The summed E-state index contributed by atoms with van der Waals surface area (Å²) in [7, 11) is 0.